The Morgan fingerprint density at radius 3 is 2.53 bits per heavy atom. The number of aryl methyl sites for hydroxylation is 1. The molecule has 2 aromatic carbocycles. The molecule has 0 saturated heterocycles. The smallest absolute Gasteiger partial charge is 0.254 e. The third-order valence-electron chi connectivity index (χ3n) is 5.93. The highest BCUT2D eigenvalue weighted by molar-refractivity contribution is 5.95. The molecule has 0 spiro atoms. The van der Waals surface area contributed by atoms with Gasteiger partial charge in [-0.05, 0) is 67.8 Å². The molecule has 0 aliphatic heterocycles. The Balaban J connectivity index is 1.46. The fraction of sp³-hybridized carbons (Fsp3) is 0.269. The second-order valence-corrected chi connectivity index (χ2v) is 8.72. The van der Waals surface area contributed by atoms with E-state index in [4.69, 9.17) is 4.98 Å². The molecule has 32 heavy (non-hydrogen) atoms. The van der Waals surface area contributed by atoms with Crippen molar-refractivity contribution >= 4 is 22.6 Å². The predicted molar refractivity (Wildman–Crippen MR) is 127 cm³/mol. The van der Waals surface area contributed by atoms with E-state index in [0.717, 1.165) is 40.8 Å². The minimum atomic E-state index is 0.0632. The first-order valence-electron chi connectivity index (χ1n) is 11.0. The standard InChI is InChI=1S/C26H27N5O/c1-18-5-6-20-16-21(25(29(2)3)28-24(20)15-18)17-30(22-11-12-22)26(32)19-7-9-23(10-8-19)31-14-4-13-27-31/h4-10,13-16,22H,11-12,17H2,1-3H3. The Morgan fingerprint density at radius 2 is 1.88 bits per heavy atom. The number of aromatic nitrogens is 3. The average Bonchev–Trinajstić information content (AvgIpc) is 3.49. The summed E-state index contributed by atoms with van der Waals surface area (Å²) in [6, 6.07) is 18.3. The van der Waals surface area contributed by atoms with Gasteiger partial charge in [0.15, 0.2) is 0 Å². The van der Waals surface area contributed by atoms with Crippen LogP contribution in [0.15, 0.2) is 67.0 Å². The van der Waals surface area contributed by atoms with E-state index < -0.39 is 0 Å². The van der Waals surface area contributed by atoms with Gasteiger partial charge in [-0.1, -0.05) is 12.1 Å². The van der Waals surface area contributed by atoms with Crippen molar-refractivity contribution in [1.29, 1.82) is 0 Å². The van der Waals surface area contributed by atoms with E-state index in [1.165, 1.54) is 5.56 Å². The number of hydrogen-bond donors (Lipinski definition) is 0. The Hall–Kier alpha value is -3.67. The summed E-state index contributed by atoms with van der Waals surface area (Å²) in [5.74, 6) is 0.976. The average molecular weight is 426 g/mol. The molecule has 0 bridgehead atoms. The first-order chi connectivity index (χ1) is 15.5. The summed E-state index contributed by atoms with van der Waals surface area (Å²) >= 11 is 0. The zero-order valence-electron chi connectivity index (χ0n) is 18.7. The van der Waals surface area contributed by atoms with Crippen LogP contribution in [0.5, 0.6) is 0 Å². The predicted octanol–water partition coefficient (Wildman–Crippen LogP) is 4.60. The molecule has 0 N–H and O–H groups in total. The van der Waals surface area contributed by atoms with Gasteiger partial charge in [0, 0.05) is 55.6 Å². The lowest BCUT2D eigenvalue weighted by molar-refractivity contribution is 0.0730. The van der Waals surface area contributed by atoms with Gasteiger partial charge in [0.1, 0.15) is 5.82 Å². The topological polar surface area (TPSA) is 54.3 Å². The molecule has 0 radical (unpaired) electrons. The van der Waals surface area contributed by atoms with Crippen molar-refractivity contribution in [3.8, 4) is 5.69 Å². The Bertz CT molecular complexity index is 1260. The zero-order valence-corrected chi connectivity index (χ0v) is 18.7. The maximum atomic E-state index is 13.5. The van der Waals surface area contributed by atoms with Crippen LogP contribution in [0.4, 0.5) is 5.82 Å². The maximum absolute atomic E-state index is 13.5. The van der Waals surface area contributed by atoms with Crippen molar-refractivity contribution in [3.63, 3.8) is 0 Å². The first kappa shape index (κ1) is 20.2. The molecule has 1 fully saturated rings. The van der Waals surface area contributed by atoms with E-state index in [0.29, 0.717) is 12.1 Å². The zero-order chi connectivity index (χ0) is 22.2. The maximum Gasteiger partial charge on any atom is 0.254 e. The van der Waals surface area contributed by atoms with Gasteiger partial charge in [-0.15, -0.1) is 0 Å². The Labute approximate surface area is 188 Å². The fourth-order valence-corrected chi connectivity index (χ4v) is 4.09. The van der Waals surface area contributed by atoms with E-state index >= 15 is 0 Å². The number of anilines is 1. The van der Waals surface area contributed by atoms with Crippen LogP contribution in [-0.4, -0.2) is 45.7 Å². The highest BCUT2D eigenvalue weighted by Crippen LogP contribution is 2.32. The number of fused-ring (bicyclic) bond motifs is 1. The molecule has 4 aromatic rings. The normalized spacial score (nSPS) is 13.3. The summed E-state index contributed by atoms with van der Waals surface area (Å²) < 4.78 is 1.79. The molecular weight excluding hydrogens is 398 g/mol. The minimum Gasteiger partial charge on any atom is -0.362 e. The van der Waals surface area contributed by atoms with E-state index in [1.54, 1.807) is 10.9 Å². The van der Waals surface area contributed by atoms with E-state index in [9.17, 15) is 4.79 Å². The summed E-state index contributed by atoms with van der Waals surface area (Å²) in [6.45, 7) is 2.63. The summed E-state index contributed by atoms with van der Waals surface area (Å²) in [5, 5.41) is 5.36. The lowest BCUT2D eigenvalue weighted by Crippen LogP contribution is -2.33. The minimum absolute atomic E-state index is 0.0632. The number of rotatable bonds is 6. The molecular formula is C26H27N5O. The van der Waals surface area contributed by atoms with Crippen LogP contribution in [0.2, 0.25) is 0 Å². The van der Waals surface area contributed by atoms with Crippen molar-refractivity contribution in [2.45, 2.75) is 32.4 Å². The van der Waals surface area contributed by atoms with E-state index in [2.05, 4.69) is 36.3 Å². The van der Waals surface area contributed by atoms with Crippen molar-refractivity contribution < 1.29 is 4.79 Å². The Morgan fingerprint density at radius 1 is 1.09 bits per heavy atom. The quantitative estimate of drug-likeness (QED) is 0.453. The number of pyridine rings is 1. The molecule has 1 saturated carbocycles. The van der Waals surface area contributed by atoms with Crippen molar-refractivity contribution in [1.82, 2.24) is 19.7 Å². The van der Waals surface area contributed by atoms with Gasteiger partial charge in [0.2, 0.25) is 0 Å². The van der Waals surface area contributed by atoms with Gasteiger partial charge in [0.25, 0.3) is 5.91 Å². The Kier molecular flexibility index (Phi) is 5.13. The molecule has 6 heteroatoms. The molecule has 2 heterocycles. The van der Waals surface area contributed by atoms with Crippen LogP contribution in [-0.2, 0) is 6.54 Å². The lowest BCUT2D eigenvalue weighted by Gasteiger charge is -2.26. The molecule has 1 amide bonds. The molecule has 162 valence electrons. The number of amides is 1. The summed E-state index contributed by atoms with van der Waals surface area (Å²) in [6.07, 6.45) is 5.74. The third-order valence-corrected chi connectivity index (χ3v) is 5.93. The molecule has 5 rings (SSSR count). The molecule has 1 aliphatic carbocycles. The fourth-order valence-electron chi connectivity index (χ4n) is 4.09. The highest BCUT2D eigenvalue weighted by atomic mass is 16.2. The van der Waals surface area contributed by atoms with Crippen molar-refractivity contribution in [2.24, 2.45) is 0 Å². The number of carbonyl (C=O) groups is 1. The monoisotopic (exact) mass is 425 g/mol. The molecule has 0 unspecified atom stereocenters. The van der Waals surface area contributed by atoms with Crippen LogP contribution >= 0.6 is 0 Å². The lowest BCUT2D eigenvalue weighted by atomic mass is 10.1. The van der Waals surface area contributed by atoms with Crippen LogP contribution in [0.25, 0.3) is 16.6 Å². The van der Waals surface area contributed by atoms with Gasteiger partial charge in [0.05, 0.1) is 11.2 Å². The van der Waals surface area contributed by atoms with Gasteiger partial charge in [-0.3, -0.25) is 4.79 Å². The van der Waals surface area contributed by atoms with E-state index in [-0.39, 0.29) is 11.9 Å². The molecule has 0 atom stereocenters. The van der Waals surface area contributed by atoms with Crippen LogP contribution in [0, 0.1) is 6.92 Å². The van der Waals surface area contributed by atoms with Crippen LogP contribution in [0.1, 0.15) is 34.3 Å². The molecule has 6 nitrogen and oxygen atoms in total. The first-order valence-corrected chi connectivity index (χ1v) is 11.0. The summed E-state index contributed by atoms with van der Waals surface area (Å²) in [4.78, 5) is 22.4. The summed E-state index contributed by atoms with van der Waals surface area (Å²) in [7, 11) is 4.01. The molecule has 1 aliphatic rings. The van der Waals surface area contributed by atoms with Crippen LogP contribution < -0.4 is 4.90 Å². The van der Waals surface area contributed by atoms with Gasteiger partial charge in [-0.2, -0.15) is 5.10 Å². The van der Waals surface area contributed by atoms with Gasteiger partial charge < -0.3 is 9.80 Å². The largest absolute Gasteiger partial charge is 0.362 e. The number of carbonyl (C=O) groups excluding carboxylic acids is 1. The van der Waals surface area contributed by atoms with Gasteiger partial charge in [-0.25, -0.2) is 9.67 Å². The van der Waals surface area contributed by atoms with Gasteiger partial charge >= 0.3 is 0 Å². The third kappa shape index (κ3) is 3.96. The SMILES string of the molecule is Cc1ccc2cc(CN(C(=O)c3ccc(-n4cccn4)cc3)C3CC3)c(N(C)C)nc2c1. The van der Waals surface area contributed by atoms with Crippen LogP contribution in [0.3, 0.4) is 0 Å². The van der Waals surface area contributed by atoms with E-state index in [1.807, 2.05) is 60.4 Å². The highest BCUT2D eigenvalue weighted by Gasteiger charge is 2.34. The number of benzene rings is 2. The second kappa shape index (κ2) is 8.11. The van der Waals surface area contributed by atoms with Crippen molar-refractivity contribution in [2.75, 3.05) is 19.0 Å². The molecule has 2 aromatic heterocycles. The second-order valence-electron chi connectivity index (χ2n) is 8.72. The van der Waals surface area contributed by atoms with Crippen molar-refractivity contribution in [3.05, 3.63) is 83.7 Å². The summed E-state index contributed by atoms with van der Waals surface area (Å²) in [5.41, 5.74) is 4.88. The number of nitrogens with zero attached hydrogens (tertiary/aromatic N) is 5. The number of hydrogen-bond acceptors (Lipinski definition) is 4.